The van der Waals surface area contributed by atoms with Gasteiger partial charge in [0.25, 0.3) is 5.91 Å². The Labute approximate surface area is 146 Å². The van der Waals surface area contributed by atoms with Crippen LogP contribution in [-0.2, 0) is 4.74 Å². The zero-order valence-electron chi connectivity index (χ0n) is 14.7. The van der Waals surface area contributed by atoms with E-state index in [1.807, 2.05) is 20.8 Å². The van der Waals surface area contributed by atoms with E-state index in [-0.39, 0.29) is 17.6 Å². The fourth-order valence-corrected chi connectivity index (χ4v) is 2.57. The predicted octanol–water partition coefficient (Wildman–Crippen LogP) is 3.76. The molecule has 1 aliphatic heterocycles. The molecule has 0 saturated carbocycles. The summed E-state index contributed by atoms with van der Waals surface area (Å²) in [5.74, 6) is -0.0786. The van der Waals surface area contributed by atoms with E-state index in [1.165, 1.54) is 0 Å². The number of likely N-dealkylation sites (tertiary alicyclic amines) is 1. The largest absolute Gasteiger partial charge is 0.446 e. The first-order valence-corrected chi connectivity index (χ1v) is 8.22. The summed E-state index contributed by atoms with van der Waals surface area (Å²) in [4.78, 5) is 28.7. The number of amides is 2. The van der Waals surface area contributed by atoms with Crippen LogP contribution in [-0.4, -0.2) is 41.6 Å². The molecule has 25 heavy (non-hydrogen) atoms. The van der Waals surface area contributed by atoms with Crippen molar-refractivity contribution < 1.29 is 14.3 Å². The molecule has 2 rings (SSSR count). The number of azide groups is 1. The van der Waals surface area contributed by atoms with E-state index in [9.17, 15) is 9.59 Å². The topological polar surface area (TPSA) is 107 Å². The van der Waals surface area contributed by atoms with Gasteiger partial charge in [0.1, 0.15) is 6.10 Å². The number of hydrogen-bond acceptors (Lipinski definition) is 4. The van der Waals surface area contributed by atoms with Gasteiger partial charge in [-0.15, -0.1) is 0 Å². The SMILES string of the molecule is CC(C)(C)NC(=O)OC1CCN(C(=O)c2ccc(N=[N+]=[N-])cc2)CC1. The molecule has 0 aromatic heterocycles. The van der Waals surface area contributed by atoms with Gasteiger partial charge in [-0.25, -0.2) is 4.79 Å². The van der Waals surface area contributed by atoms with Gasteiger partial charge in [0.05, 0.1) is 0 Å². The Balaban J connectivity index is 1.85. The van der Waals surface area contributed by atoms with Gasteiger partial charge in [0.15, 0.2) is 0 Å². The van der Waals surface area contributed by atoms with E-state index < -0.39 is 6.09 Å². The standard InChI is InChI=1S/C17H23N5O3/c1-17(2,3)19-16(24)25-14-8-10-22(11-9-14)15(23)12-4-6-13(7-5-12)20-21-18/h4-7,14H,8-11H2,1-3H3,(H,19,24). The van der Waals surface area contributed by atoms with E-state index in [0.29, 0.717) is 37.2 Å². The lowest BCUT2D eigenvalue weighted by Gasteiger charge is -2.32. The summed E-state index contributed by atoms with van der Waals surface area (Å²) in [5, 5.41) is 6.25. The minimum atomic E-state index is -0.425. The van der Waals surface area contributed by atoms with Crippen LogP contribution in [0.1, 0.15) is 44.0 Å². The van der Waals surface area contributed by atoms with Gasteiger partial charge >= 0.3 is 6.09 Å². The lowest BCUT2D eigenvalue weighted by Crippen LogP contribution is -2.45. The molecule has 0 radical (unpaired) electrons. The minimum Gasteiger partial charge on any atom is -0.446 e. The van der Waals surface area contributed by atoms with Crippen LogP contribution >= 0.6 is 0 Å². The first kappa shape index (κ1) is 18.6. The van der Waals surface area contributed by atoms with E-state index in [0.717, 1.165) is 0 Å². The van der Waals surface area contributed by atoms with Gasteiger partial charge in [0.2, 0.25) is 0 Å². The summed E-state index contributed by atoms with van der Waals surface area (Å²) >= 11 is 0. The van der Waals surface area contributed by atoms with Gasteiger partial charge in [-0.05, 0) is 38.4 Å². The number of ether oxygens (including phenoxy) is 1. The normalized spacial score (nSPS) is 15.2. The highest BCUT2D eigenvalue weighted by molar-refractivity contribution is 5.94. The zero-order valence-corrected chi connectivity index (χ0v) is 14.7. The second-order valence-corrected chi connectivity index (χ2v) is 7.01. The van der Waals surface area contributed by atoms with Gasteiger partial charge in [-0.2, -0.15) is 0 Å². The van der Waals surface area contributed by atoms with E-state index in [2.05, 4.69) is 15.3 Å². The highest BCUT2D eigenvalue weighted by Gasteiger charge is 2.26. The van der Waals surface area contributed by atoms with Crippen LogP contribution in [0.3, 0.4) is 0 Å². The highest BCUT2D eigenvalue weighted by atomic mass is 16.6. The Morgan fingerprint density at radius 3 is 2.36 bits per heavy atom. The van der Waals surface area contributed by atoms with Crippen LogP contribution in [0.4, 0.5) is 10.5 Å². The van der Waals surface area contributed by atoms with Crippen molar-refractivity contribution in [1.82, 2.24) is 10.2 Å². The molecular weight excluding hydrogens is 322 g/mol. The maximum atomic E-state index is 12.5. The third kappa shape index (κ3) is 5.69. The van der Waals surface area contributed by atoms with Crippen molar-refractivity contribution in [3.63, 3.8) is 0 Å². The molecule has 1 fully saturated rings. The summed E-state index contributed by atoms with van der Waals surface area (Å²) in [6.07, 6.45) is 0.616. The molecule has 2 amide bonds. The second-order valence-electron chi connectivity index (χ2n) is 7.01. The van der Waals surface area contributed by atoms with Crippen LogP contribution in [0.25, 0.3) is 10.4 Å². The molecule has 1 heterocycles. The van der Waals surface area contributed by atoms with E-state index in [1.54, 1.807) is 29.2 Å². The molecule has 0 atom stereocenters. The average molecular weight is 345 g/mol. The van der Waals surface area contributed by atoms with Crippen molar-refractivity contribution in [2.45, 2.75) is 45.3 Å². The number of alkyl carbamates (subject to hydrolysis) is 1. The fraction of sp³-hybridized carbons (Fsp3) is 0.529. The Kier molecular flexibility index (Phi) is 5.88. The molecule has 0 aliphatic carbocycles. The lowest BCUT2D eigenvalue weighted by atomic mass is 10.1. The molecule has 0 bridgehead atoms. The van der Waals surface area contributed by atoms with Crippen molar-refractivity contribution in [2.24, 2.45) is 5.11 Å². The quantitative estimate of drug-likeness (QED) is 0.512. The smallest absolute Gasteiger partial charge is 0.407 e. The lowest BCUT2D eigenvalue weighted by molar-refractivity contribution is 0.0404. The third-order valence-electron chi connectivity index (χ3n) is 3.75. The number of carbonyl (C=O) groups is 2. The molecule has 0 spiro atoms. The van der Waals surface area contributed by atoms with Crippen molar-refractivity contribution in [3.8, 4) is 0 Å². The van der Waals surface area contributed by atoms with Gasteiger partial charge in [0, 0.05) is 47.6 Å². The highest BCUT2D eigenvalue weighted by Crippen LogP contribution is 2.19. The molecule has 1 N–H and O–H groups in total. The van der Waals surface area contributed by atoms with E-state index in [4.69, 9.17) is 10.3 Å². The number of nitrogens with zero attached hydrogens (tertiary/aromatic N) is 4. The van der Waals surface area contributed by atoms with Crippen molar-refractivity contribution in [2.75, 3.05) is 13.1 Å². The van der Waals surface area contributed by atoms with Crippen LogP contribution in [0, 0.1) is 0 Å². The molecule has 1 saturated heterocycles. The monoisotopic (exact) mass is 345 g/mol. The van der Waals surface area contributed by atoms with Gasteiger partial charge < -0.3 is 15.0 Å². The van der Waals surface area contributed by atoms with Crippen LogP contribution in [0.5, 0.6) is 0 Å². The molecule has 1 aromatic rings. The Bertz CT molecular complexity index is 667. The zero-order chi connectivity index (χ0) is 18.4. The first-order valence-electron chi connectivity index (χ1n) is 8.22. The van der Waals surface area contributed by atoms with Crippen molar-refractivity contribution >= 4 is 17.7 Å². The number of carbonyl (C=O) groups excluding carboxylic acids is 2. The Hall–Kier alpha value is -2.73. The number of piperidine rings is 1. The third-order valence-corrected chi connectivity index (χ3v) is 3.75. The Morgan fingerprint density at radius 1 is 1.24 bits per heavy atom. The average Bonchev–Trinajstić information content (AvgIpc) is 2.54. The summed E-state index contributed by atoms with van der Waals surface area (Å²) < 4.78 is 5.41. The van der Waals surface area contributed by atoms with Crippen LogP contribution < -0.4 is 5.32 Å². The maximum Gasteiger partial charge on any atom is 0.407 e. The first-order chi connectivity index (χ1) is 11.8. The van der Waals surface area contributed by atoms with Crippen molar-refractivity contribution in [3.05, 3.63) is 40.3 Å². The van der Waals surface area contributed by atoms with Gasteiger partial charge in [-0.1, -0.05) is 17.2 Å². The molecule has 0 unspecified atom stereocenters. The minimum absolute atomic E-state index is 0.0786. The summed E-state index contributed by atoms with van der Waals surface area (Å²) in [6.45, 7) is 6.74. The molecule has 1 aromatic carbocycles. The molecule has 134 valence electrons. The molecule has 8 heteroatoms. The van der Waals surface area contributed by atoms with Crippen LogP contribution in [0.2, 0.25) is 0 Å². The maximum absolute atomic E-state index is 12.5. The number of hydrogen-bond donors (Lipinski definition) is 1. The second kappa shape index (κ2) is 7.90. The summed E-state index contributed by atoms with van der Waals surface area (Å²) in [7, 11) is 0. The fourth-order valence-electron chi connectivity index (χ4n) is 2.57. The number of rotatable bonds is 3. The van der Waals surface area contributed by atoms with Crippen molar-refractivity contribution in [1.29, 1.82) is 0 Å². The molecule has 8 nitrogen and oxygen atoms in total. The number of benzene rings is 1. The number of nitrogens with one attached hydrogen (secondary N) is 1. The van der Waals surface area contributed by atoms with E-state index >= 15 is 0 Å². The molecule has 1 aliphatic rings. The Morgan fingerprint density at radius 2 is 1.84 bits per heavy atom. The predicted molar refractivity (Wildman–Crippen MR) is 93.5 cm³/mol. The summed E-state index contributed by atoms with van der Waals surface area (Å²) in [6, 6.07) is 6.51. The molecular formula is C17H23N5O3. The van der Waals surface area contributed by atoms with Gasteiger partial charge in [-0.3, -0.25) is 4.79 Å². The summed E-state index contributed by atoms with van der Waals surface area (Å²) in [5.41, 5.74) is 9.07. The van der Waals surface area contributed by atoms with Crippen LogP contribution in [0.15, 0.2) is 29.4 Å².